The molecule has 0 fully saturated rings. The number of carbonyl (C=O) groups is 5. The molecule has 0 bridgehead atoms. The topological polar surface area (TPSA) is 121 Å². The second-order valence-corrected chi connectivity index (χ2v) is 28.5. The first-order chi connectivity index (χ1) is 43.7. The van der Waals surface area contributed by atoms with Crippen LogP contribution >= 0.6 is 7.26 Å². The number of fused-ring (bicyclic) bond motifs is 2. The molecule has 0 amide bonds. The van der Waals surface area contributed by atoms with Crippen molar-refractivity contribution < 1.29 is 33.7 Å². The van der Waals surface area contributed by atoms with Crippen LogP contribution < -0.4 is 26.2 Å². The predicted molar refractivity (Wildman–Crippen MR) is 376 cm³/mol. The summed E-state index contributed by atoms with van der Waals surface area (Å²) in [5.74, 6) is -0.211. The zero-order valence-corrected chi connectivity index (χ0v) is 56.0. The van der Waals surface area contributed by atoms with Gasteiger partial charge in [-0.3, -0.25) is 19.2 Å². The van der Waals surface area contributed by atoms with Gasteiger partial charge in [-0.25, -0.2) is 9.79 Å². The van der Waals surface area contributed by atoms with Gasteiger partial charge in [0.1, 0.15) is 29.7 Å². The fraction of sp³-hybridized carbons (Fsp3) is 0.383. The highest BCUT2D eigenvalue weighted by Gasteiger charge is 2.44. The van der Waals surface area contributed by atoms with Gasteiger partial charge < -0.3 is 10.1 Å². The number of ether oxygens (including phenoxy) is 1. The van der Waals surface area contributed by atoms with Crippen LogP contribution in [-0.4, -0.2) is 60.7 Å². The number of carbonyl (C=O) groups excluding carboxylic acids is 5. The molecule has 0 heterocycles. The number of aryl methyl sites for hydroxylation is 1. The highest BCUT2D eigenvalue weighted by molar-refractivity contribution is 7.95. The molecule has 0 spiro atoms. The average Bonchev–Trinajstić information content (AvgIpc) is 0.766. The Labute approximate surface area is 538 Å². The standard InChI is InChI=1S/C45H54N2O4.C36H42O2P/c1-7-46-40-26-34-25-35-27-41(47-8-2)30(4)24-39(35)43(38(34)23-29(40)3)36-20-16-17-21-37(36)45(50)51-22-18-14-12-10-9-11-13-15-19-33-28-42(48)31(5)32(6)44(33)49;1-29-30(2)36(38)31(28-35(29)37)20-12-7-5-3-4-6-8-19-27-39(32-21-13-9-14-22-32,33-23-15-10-16-24-33)34-25-17-11-18-26-34/h16-17,20-21,23-24,26-28,46H,7-15,18-19,22,25H2,1-6H3;9-11,13-18,21-26,28H,3-8,12,19-20,27H2,1-2H3/q;+1/p+1. The van der Waals surface area contributed by atoms with Crippen molar-refractivity contribution in [2.45, 2.75) is 177 Å². The van der Waals surface area contributed by atoms with Crippen molar-refractivity contribution in [3.8, 4) is 0 Å². The molecular weight excluding hydrogens is 1130 g/mol. The Bertz CT molecular complexity index is 3550. The van der Waals surface area contributed by atoms with Gasteiger partial charge in [-0.15, -0.1) is 0 Å². The predicted octanol–water partition coefficient (Wildman–Crippen LogP) is 16.2. The van der Waals surface area contributed by atoms with Crippen LogP contribution in [0.4, 0.5) is 5.69 Å². The Morgan fingerprint density at radius 3 is 1.48 bits per heavy atom. The number of rotatable bonds is 30. The van der Waals surface area contributed by atoms with Crippen LogP contribution in [0.2, 0.25) is 0 Å². The molecular formula is C81H97N2O6P+2. The number of allylic oxidation sites excluding steroid dienone is 13. The first kappa shape index (κ1) is 68.2. The third-order valence-corrected chi connectivity index (χ3v) is 23.1. The highest BCUT2D eigenvalue weighted by atomic mass is 31.2. The summed E-state index contributed by atoms with van der Waals surface area (Å²) >= 11 is 0. The molecule has 0 radical (unpaired) electrons. The molecule has 0 aromatic heterocycles. The Morgan fingerprint density at radius 1 is 0.511 bits per heavy atom. The third-order valence-electron chi connectivity index (χ3n) is 18.6. The van der Waals surface area contributed by atoms with Crippen LogP contribution in [0.15, 0.2) is 202 Å². The first-order valence-corrected chi connectivity index (χ1v) is 35.5. The van der Waals surface area contributed by atoms with Crippen molar-refractivity contribution in [3.05, 3.63) is 230 Å². The van der Waals surface area contributed by atoms with Gasteiger partial charge in [-0.1, -0.05) is 143 Å². The summed E-state index contributed by atoms with van der Waals surface area (Å²) < 4.78 is 5.90. The van der Waals surface area contributed by atoms with Gasteiger partial charge >= 0.3 is 5.97 Å². The molecule has 0 aliphatic heterocycles. The van der Waals surface area contributed by atoms with E-state index in [1.54, 1.807) is 33.8 Å². The number of anilines is 1. The molecule has 470 valence electrons. The minimum Gasteiger partial charge on any atom is -0.462 e. The fourth-order valence-electron chi connectivity index (χ4n) is 13.1. The molecule has 9 rings (SSSR count). The Hall–Kier alpha value is -7.67. The lowest BCUT2D eigenvalue weighted by Gasteiger charge is -2.29. The lowest BCUT2D eigenvalue weighted by Crippen LogP contribution is -2.72. The van der Waals surface area contributed by atoms with Crippen LogP contribution in [0.3, 0.4) is 0 Å². The fourth-order valence-corrected chi connectivity index (χ4v) is 17.5. The molecule has 0 saturated carbocycles. The van der Waals surface area contributed by atoms with E-state index in [0.29, 0.717) is 52.0 Å². The number of esters is 1. The number of unbranched alkanes of at least 4 members (excludes halogenated alkanes) is 14. The maximum absolute atomic E-state index is 13.7. The average molecular weight is 1230 g/mol. The zero-order valence-electron chi connectivity index (χ0n) is 55.1. The normalized spacial score (nSPS) is 15.4. The second-order valence-electron chi connectivity index (χ2n) is 24.9. The van der Waals surface area contributed by atoms with Crippen molar-refractivity contribution in [3.63, 3.8) is 0 Å². The molecule has 90 heavy (non-hydrogen) atoms. The van der Waals surface area contributed by atoms with Crippen LogP contribution in [0.5, 0.6) is 0 Å². The van der Waals surface area contributed by atoms with Crippen molar-refractivity contribution in [2.24, 2.45) is 0 Å². The van der Waals surface area contributed by atoms with E-state index in [1.165, 1.54) is 100 Å². The molecule has 5 aromatic rings. The largest absolute Gasteiger partial charge is 0.462 e. The Kier molecular flexibility index (Phi) is 25.7. The molecule has 5 aromatic carbocycles. The van der Waals surface area contributed by atoms with Gasteiger partial charge in [-0.05, 0) is 219 Å². The van der Waals surface area contributed by atoms with E-state index in [-0.39, 0.29) is 29.1 Å². The molecule has 4 aliphatic carbocycles. The van der Waals surface area contributed by atoms with Crippen LogP contribution in [-0.2, 0) is 30.3 Å². The van der Waals surface area contributed by atoms with Crippen LogP contribution in [0.1, 0.15) is 197 Å². The van der Waals surface area contributed by atoms with Gasteiger partial charge in [0.05, 0.1) is 18.3 Å². The summed E-state index contributed by atoms with van der Waals surface area (Å²) in [5.41, 5.74) is 15.9. The number of hydrogen-bond donors (Lipinski definition) is 2. The summed E-state index contributed by atoms with van der Waals surface area (Å²) in [5, 5.41) is 7.93. The van der Waals surface area contributed by atoms with E-state index in [4.69, 9.17) is 4.74 Å². The number of nitrogens with one attached hydrogen (secondary N) is 2. The first-order valence-electron chi connectivity index (χ1n) is 33.6. The summed E-state index contributed by atoms with van der Waals surface area (Å²) in [4.78, 5) is 66.2. The summed E-state index contributed by atoms with van der Waals surface area (Å²) in [6, 6.07) is 45.9. The monoisotopic (exact) mass is 1220 g/mol. The lowest BCUT2D eigenvalue weighted by atomic mass is 9.75. The van der Waals surface area contributed by atoms with Crippen LogP contribution in [0.25, 0.3) is 5.57 Å². The summed E-state index contributed by atoms with van der Waals surface area (Å²) in [6.07, 6.45) is 28.9. The van der Waals surface area contributed by atoms with E-state index in [0.717, 1.165) is 113 Å². The van der Waals surface area contributed by atoms with E-state index in [9.17, 15) is 24.0 Å². The third kappa shape index (κ3) is 17.2. The van der Waals surface area contributed by atoms with Crippen molar-refractivity contribution in [1.29, 1.82) is 0 Å². The molecule has 9 heteroatoms. The van der Waals surface area contributed by atoms with Crippen molar-refractivity contribution in [2.75, 3.05) is 31.2 Å². The van der Waals surface area contributed by atoms with Crippen LogP contribution in [0, 0.1) is 6.92 Å². The minimum absolute atomic E-state index is 0.000334. The van der Waals surface area contributed by atoms with Gasteiger partial charge in [0.25, 0.3) is 0 Å². The summed E-state index contributed by atoms with van der Waals surface area (Å²) in [6.45, 7) is 17.6. The minimum atomic E-state index is -1.72. The second kappa shape index (κ2) is 34.0. The molecule has 0 saturated heterocycles. The van der Waals surface area contributed by atoms with Crippen molar-refractivity contribution >= 4 is 69.3 Å². The summed E-state index contributed by atoms with van der Waals surface area (Å²) in [7, 11) is -1.72. The molecule has 2 N–H and O–H groups in total. The number of hydrogen-bond acceptors (Lipinski definition) is 7. The maximum atomic E-state index is 13.7. The number of benzene rings is 5. The molecule has 4 aliphatic rings. The number of ketones is 4. The van der Waals surface area contributed by atoms with Gasteiger partial charge in [0.2, 0.25) is 5.71 Å². The maximum Gasteiger partial charge on any atom is 0.338 e. The number of Topliss-reactive ketones (excluding diaryl/α,β-unsaturated/α-hetero) is 2. The van der Waals surface area contributed by atoms with Crippen molar-refractivity contribution in [1.82, 2.24) is 0 Å². The smallest absolute Gasteiger partial charge is 0.338 e. The lowest BCUT2D eigenvalue weighted by molar-refractivity contribution is -0.451. The van der Waals surface area contributed by atoms with E-state index in [1.807, 2.05) is 18.2 Å². The SMILES string of the molecule is CC1=C(C)C(=O)C(CCCCCCCCCC[P+](c2ccccc2)(c2ccccc2)c2ccccc2)=CC1=O.CCNc1cc2c(cc1C)C(c1ccccc1C(=O)OCCCCCCCCCCC1=CC(=O)C(C)=C(C)C1=O)=C1C=C(C)C(=[NH+]CC)C=C1C2. The van der Waals surface area contributed by atoms with E-state index < -0.39 is 7.26 Å². The Balaban J connectivity index is 0.000000241. The quantitative estimate of drug-likeness (QED) is 0.0203. The molecule has 0 unspecified atom stereocenters. The Morgan fingerprint density at radius 2 is 0.978 bits per heavy atom. The molecule has 0 atom stereocenters. The zero-order chi connectivity index (χ0) is 64.0. The van der Waals surface area contributed by atoms with Gasteiger partial charge in [-0.2, -0.15) is 0 Å². The molecule has 8 nitrogen and oxygen atoms in total. The van der Waals surface area contributed by atoms with E-state index >= 15 is 0 Å². The van der Waals surface area contributed by atoms with Gasteiger partial charge in [0, 0.05) is 57.3 Å². The van der Waals surface area contributed by atoms with Gasteiger partial charge in [0.15, 0.2) is 23.1 Å². The van der Waals surface area contributed by atoms with E-state index in [2.05, 4.69) is 159 Å². The highest BCUT2D eigenvalue weighted by Crippen LogP contribution is 2.56.